The lowest BCUT2D eigenvalue weighted by Crippen LogP contribution is -2.30. The molecule has 1 fully saturated rings. The zero-order chi connectivity index (χ0) is 21.5. The zero-order valence-corrected chi connectivity index (χ0v) is 19.4. The second kappa shape index (κ2) is 10.6. The Hall–Kier alpha value is -2.38. The van der Waals surface area contributed by atoms with Gasteiger partial charge in [-0.25, -0.2) is 0 Å². The molecule has 5 nitrogen and oxygen atoms in total. The lowest BCUT2D eigenvalue weighted by Gasteiger charge is -2.14. The standard InChI is InChI=1S/C23H25BrN2O3S/c1-4-11-29-21-18(24)12-16(13-19(21)28-6-3)14-20-22(27)26-23(30-20)25-17-9-7-15(5-2)8-10-17/h4,7-10,12-14,23,25H,1,5-6,11H2,2-3H3,(H,26,27)/b20-14-/t23-/m1/s1. The average molecular weight is 489 g/mol. The Bertz CT molecular complexity index is 944. The van der Waals surface area contributed by atoms with Crippen LogP contribution in [0.5, 0.6) is 11.5 Å². The van der Waals surface area contributed by atoms with Crippen LogP contribution >= 0.6 is 27.7 Å². The van der Waals surface area contributed by atoms with Gasteiger partial charge < -0.3 is 20.1 Å². The summed E-state index contributed by atoms with van der Waals surface area (Å²) in [5.41, 5.74) is 2.87. The Morgan fingerprint density at radius 1 is 1.23 bits per heavy atom. The molecule has 1 heterocycles. The number of halogens is 1. The molecule has 0 saturated carbocycles. The van der Waals surface area contributed by atoms with Crippen LogP contribution in [0.3, 0.4) is 0 Å². The topological polar surface area (TPSA) is 59.6 Å². The first kappa shape index (κ1) is 22.3. The zero-order valence-electron chi connectivity index (χ0n) is 17.0. The number of anilines is 1. The average Bonchev–Trinajstić information content (AvgIpc) is 3.07. The molecule has 1 aliphatic rings. The molecular formula is C23H25BrN2O3S. The molecular weight excluding hydrogens is 464 g/mol. The van der Waals surface area contributed by atoms with Crippen molar-refractivity contribution < 1.29 is 14.3 Å². The highest BCUT2D eigenvalue weighted by molar-refractivity contribution is 9.10. The molecule has 2 aromatic rings. The van der Waals surface area contributed by atoms with Crippen molar-refractivity contribution >= 4 is 45.4 Å². The molecule has 1 atom stereocenters. The third-order valence-corrected chi connectivity index (χ3v) is 5.98. The van der Waals surface area contributed by atoms with E-state index in [4.69, 9.17) is 9.47 Å². The molecule has 1 amide bonds. The van der Waals surface area contributed by atoms with E-state index in [0.29, 0.717) is 29.6 Å². The van der Waals surface area contributed by atoms with E-state index in [1.54, 1.807) is 6.08 Å². The minimum Gasteiger partial charge on any atom is -0.490 e. The number of hydrogen-bond acceptors (Lipinski definition) is 5. The van der Waals surface area contributed by atoms with Gasteiger partial charge in [0, 0.05) is 5.69 Å². The van der Waals surface area contributed by atoms with E-state index >= 15 is 0 Å². The van der Waals surface area contributed by atoms with Gasteiger partial charge in [-0.15, -0.1) is 0 Å². The largest absolute Gasteiger partial charge is 0.490 e. The van der Waals surface area contributed by atoms with Crippen molar-refractivity contribution in [2.75, 3.05) is 18.5 Å². The molecule has 2 N–H and O–H groups in total. The summed E-state index contributed by atoms with van der Waals surface area (Å²) in [7, 11) is 0. The van der Waals surface area contributed by atoms with Crippen LogP contribution in [0.4, 0.5) is 5.69 Å². The van der Waals surface area contributed by atoms with Gasteiger partial charge in [0.1, 0.15) is 6.61 Å². The maximum Gasteiger partial charge on any atom is 0.260 e. The van der Waals surface area contributed by atoms with Gasteiger partial charge in [0.2, 0.25) is 0 Å². The number of carbonyl (C=O) groups is 1. The smallest absolute Gasteiger partial charge is 0.260 e. The number of amides is 1. The SMILES string of the molecule is C=CCOc1c(Br)cc(/C=C2\S[C@H](Nc3ccc(CC)cc3)NC2=O)cc1OCC. The molecule has 30 heavy (non-hydrogen) atoms. The Balaban J connectivity index is 1.76. The number of aryl methyl sites for hydroxylation is 1. The van der Waals surface area contributed by atoms with Gasteiger partial charge in [-0.05, 0) is 70.7 Å². The number of ether oxygens (including phenoxy) is 2. The van der Waals surface area contributed by atoms with Crippen molar-refractivity contribution in [3.05, 3.63) is 69.6 Å². The molecule has 0 spiro atoms. The maximum absolute atomic E-state index is 12.5. The molecule has 0 radical (unpaired) electrons. The fourth-order valence-electron chi connectivity index (χ4n) is 2.92. The predicted molar refractivity (Wildman–Crippen MR) is 128 cm³/mol. The third-order valence-electron chi connectivity index (χ3n) is 4.37. The molecule has 1 saturated heterocycles. The van der Waals surface area contributed by atoms with Gasteiger partial charge in [0.15, 0.2) is 17.0 Å². The van der Waals surface area contributed by atoms with E-state index in [1.807, 2.05) is 37.3 Å². The Morgan fingerprint density at radius 2 is 2.00 bits per heavy atom. The Morgan fingerprint density at radius 3 is 2.67 bits per heavy atom. The summed E-state index contributed by atoms with van der Waals surface area (Å²) in [4.78, 5) is 13.1. The number of nitrogens with one attached hydrogen (secondary N) is 2. The van der Waals surface area contributed by atoms with Crippen LogP contribution in [0.1, 0.15) is 25.0 Å². The quantitative estimate of drug-likeness (QED) is 0.356. The van der Waals surface area contributed by atoms with Crippen LogP contribution in [0.2, 0.25) is 0 Å². The van der Waals surface area contributed by atoms with Gasteiger partial charge >= 0.3 is 0 Å². The molecule has 3 rings (SSSR count). The van der Waals surface area contributed by atoms with Crippen molar-refractivity contribution in [1.82, 2.24) is 5.32 Å². The van der Waals surface area contributed by atoms with Crippen LogP contribution in [0.25, 0.3) is 6.08 Å². The molecule has 7 heteroatoms. The summed E-state index contributed by atoms with van der Waals surface area (Å²) >= 11 is 4.99. The van der Waals surface area contributed by atoms with E-state index in [9.17, 15) is 4.79 Å². The number of carbonyl (C=O) groups excluding carboxylic acids is 1. The third kappa shape index (κ3) is 5.61. The summed E-state index contributed by atoms with van der Waals surface area (Å²) in [5, 5.41) is 6.30. The summed E-state index contributed by atoms with van der Waals surface area (Å²) in [6.07, 6.45) is 4.53. The van der Waals surface area contributed by atoms with Crippen LogP contribution in [0.15, 0.2) is 58.4 Å². The summed E-state index contributed by atoms with van der Waals surface area (Å²) < 4.78 is 12.2. The van der Waals surface area contributed by atoms with Crippen molar-refractivity contribution in [1.29, 1.82) is 0 Å². The number of hydrogen-bond donors (Lipinski definition) is 2. The summed E-state index contributed by atoms with van der Waals surface area (Å²) in [6.45, 7) is 8.61. The van der Waals surface area contributed by atoms with E-state index in [1.165, 1.54) is 17.3 Å². The van der Waals surface area contributed by atoms with Crippen LogP contribution in [-0.4, -0.2) is 24.6 Å². The highest BCUT2D eigenvalue weighted by atomic mass is 79.9. The second-order valence-electron chi connectivity index (χ2n) is 6.54. The van der Waals surface area contributed by atoms with Gasteiger partial charge in [0.25, 0.3) is 5.91 Å². The van der Waals surface area contributed by atoms with E-state index in [-0.39, 0.29) is 11.4 Å². The normalized spacial score (nSPS) is 17.0. The van der Waals surface area contributed by atoms with Crippen molar-refractivity contribution in [2.24, 2.45) is 0 Å². The molecule has 1 aliphatic heterocycles. The fraction of sp³-hybridized carbons (Fsp3) is 0.261. The first-order valence-corrected chi connectivity index (χ1v) is 11.5. The minimum atomic E-state index is -0.221. The molecule has 0 unspecified atom stereocenters. The number of rotatable bonds is 9. The summed E-state index contributed by atoms with van der Waals surface area (Å²) in [6, 6.07) is 12.0. The maximum atomic E-state index is 12.5. The van der Waals surface area contributed by atoms with Gasteiger partial charge in [-0.2, -0.15) is 0 Å². The number of benzene rings is 2. The van der Waals surface area contributed by atoms with E-state index in [0.717, 1.165) is 22.1 Å². The molecule has 0 aliphatic carbocycles. The first-order chi connectivity index (χ1) is 14.5. The molecule has 0 bridgehead atoms. The highest BCUT2D eigenvalue weighted by Gasteiger charge is 2.27. The van der Waals surface area contributed by atoms with Crippen LogP contribution in [0, 0.1) is 0 Å². The summed E-state index contributed by atoms with van der Waals surface area (Å²) in [5.74, 6) is 1.14. The van der Waals surface area contributed by atoms with Crippen LogP contribution < -0.4 is 20.1 Å². The van der Waals surface area contributed by atoms with Crippen molar-refractivity contribution in [3.63, 3.8) is 0 Å². The second-order valence-corrected chi connectivity index (χ2v) is 8.54. The monoisotopic (exact) mass is 488 g/mol. The minimum absolute atomic E-state index is 0.108. The highest BCUT2D eigenvalue weighted by Crippen LogP contribution is 2.39. The first-order valence-electron chi connectivity index (χ1n) is 9.78. The van der Waals surface area contributed by atoms with Crippen molar-refractivity contribution in [3.8, 4) is 11.5 Å². The van der Waals surface area contributed by atoms with Crippen LogP contribution in [-0.2, 0) is 11.2 Å². The Kier molecular flexibility index (Phi) is 7.87. The lowest BCUT2D eigenvalue weighted by molar-refractivity contribution is -0.116. The van der Waals surface area contributed by atoms with E-state index < -0.39 is 0 Å². The number of thioether (sulfide) groups is 1. The van der Waals surface area contributed by atoms with Crippen molar-refractivity contribution in [2.45, 2.75) is 25.8 Å². The van der Waals surface area contributed by atoms with Gasteiger partial charge in [-0.1, -0.05) is 43.5 Å². The lowest BCUT2D eigenvalue weighted by atomic mass is 10.1. The van der Waals surface area contributed by atoms with Gasteiger partial charge in [-0.3, -0.25) is 4.79 Å². The fourth-order valence-corrected chi connectivity index (χ4v) is 4.48. The predicted octanol–water partition coefficient (Wildman–Crippen LogP) is 5.57. The Labute approximate surface area is 190 Å². The molecule has 0 aromatic heterocycles. The molecule has 2 aromatic carbocycles. The van der Waals surface area contributed by atoms with Gasteiger partial charge in [0.05, 0.1) is 16.0 Å². The molecule has 158 valence electrons. The van der Waals surface area contributed by atoms with E-state index in [2.05, 4.69) is 52.2 Å².